The van der Waals surface area contributed by atoms with Gasteiger partial charge in [0.05, 0.1) is 13.2 Å². The van der Waals surface area contributed by atoms with E-state index in [1.165, 1.54) is 11.1 Å². The maximum atomic E-state index is 8.99. The molecule has 0 saturated heterocycles. The topological polar surface area (TPSA) is 64.5 Å². The molecule has 2 rings (SSSR count). The number of aliphatic hydroxyl groups excluding tert-OH is 2. The lowest BCUT2D eigenvalue weighted by atomic mass is 10.1. The minimum Gasteiger partial charge on any atom is -0.392 e. The van der Waals surface area contributed by atoms with Crippen LogP contribution < -0.4 is 10.6 Å². The second-order valence-electron chi connectivity index (χ2n) is 5.30. The van der Waals surface area contributed by atoms with Crippen molar-refractivity contribution in [2.75, 3.05) is 13.1 Å². The van der Waals surface area contributed by atoms with E-state index in [9.17, 15) is 0 Å². The van der Waals surface area contributed by atoms with Crippen LogP contribution in [0.15, 0.2) is 48.5 Å². The van der Waals surface area contributed by atoms with E-state index in [1.807, 2.05) is 48.5 Å². The Labute approximate surface area is 131 Å². The molecule has 0 radical (unpaired) electrons. The summed E-state index contributed by atoms with van der Waals surface area (Å²) in [5.74, 6) is 0. The molecular formula is C18H24N2O2. The predicted octanol–water partition coefficient (Wildman–Crippen LogP) is 1.55. The van der Waals surface area contributed by atoms with Gasteiger partial charge in [0.25, 0.3) is 0 Å². The zero-order valence-electron chi connectivity index (χ0n) is 12.8. The smallest absolute Gasteiger partial charge is 0.0681 e. The second-order valence-corrected chi connectivity index (χ2v) is 5.30. The van der Waals surface area contributed by atoms with Gasteiger partial charge in [-0.3, -0.25) is 0 Å². The fourth-order valence-corrected chi connectivity index (χ4v) is 2.17. The third kappa shape index (κ3) is 5.58. The molecule has 4 N–H and O–H groups in total. The van der Waals surface area contributed by atoms with Crippen molar-refractivity contribution in [1.82, 2.24) is 10.6 Å². The van der Waals surface area contributed by atoms with Crippen molar-refractivity contribution in [3.8, 4) is 0 Å². The molecule has 0 bridgehead atoms. The van der Waals surface area contributed by atoms with Gasteiger partial charge in [-0.15, -0.1) is 0 Å². The fraction of sp³-hybridized carbons (Fsp3) is 0.333. The van der Waals surface area contributed by atoms with Gasteiger partial charge in [0.2, 0.25) is 0 Å². The zero-order valence-corrected chi connectivity index (χ0v) is 12.8. The molecule has 2 aromatic carbocycles. The van der Waals surface area contributed by atoms with Crippen molar-refractivity contribution in [1.29, 1.82) is 0 Å². The Morgan fingerprint density at radius 1 is 0.545 bits per heavy atom. The Morgan fingerprint density at radius 2 is 0.864 bits per heavy atom. The molecule has 0 amide bonds. The number of nitrogens with one attached hydrogen (secondary N) is 2. The van der Waals surface area contributed by atoms with Crippen molar-refractivity contribution in [2.24, 2.45) is 0 Å². The molecule has 22 heavy (non-hydrogen) atoms. The van der Waals surface area contributed by atoms with Gasteiger partial charge >= 0.3 is 0 Å². The minimum atomic E-state index is 0.0942. The van der Waals surface area contributed by atoms with Crippen molar-refractivity contribution in [3.05, 3.63) is 70.8 Å². The first-order valence-electron chi connectivity index (χ1n) is 7.60. The van der Waals surface area contributed by atoms with Gasteiger partial charge in [0.15, 0.2) is 0 Å². The number of hydrogen-bond acceptors (Lipinski definition) is 4. The molecule has 0 aliphatic heterocycles. The van der Waals surface area contributed by atoms with Crippen LogP contribution in [0.5, 0.6) is 0 Å². The first-order valence-corrected chi connectivity index (χ1v) is 7.60. The minimum absolute atomic E-state index is 0.0942. The van der Waals surface area contributed by atoms with Crippen molar-refractivity contribution >= 4 is 0 Å². The molecule has 0 unspecified atom stereocenters. The Morgan fingerprint density at radius 3 is 1.18 bits per heavy atom. The van der Waals surface area contributed by atoms with Gasteiger partial charge in [-0.1, -0.05) is 48.5 Å². The van der Waals surface area contributed by atoms with Gasteiger partial charge in [-0.2, -0.15) is 0 Å². The number of hydrogen-bond donors (Lipinski definition) is 4. The third-order valence-electron chi connectivity index (χ3n) is 3.55. The Hall–Kier alpha value is -1.72. The molecule has 0 atom stereocenters. The Bertz CT molecular complexity index is 487. The molecule has 0 aromatic heterocycles. The Kier molecular flexibility index (Phi) is 7.06. The van der Waals surface area contributed by atoms with E-state index < -0.39 is 0 Å². The molecule has 2 aromatic rings. The van der Waals surface area contributed by atoms with Crippen LogP contribution in [-0.2, 0) is 26.3 Å². The first-order chi connectivity index (χ1) is 10.8. The molecular weight excluding hydrogens is 276 g/mol. The standard InChI is InChI=1S/C18H24N2O2/c21-13-17-5-1-15(2-6-17)11-19-9-10-20-12-16-3-7-18(14-22)8-4-16/h1-8,19-22H,9-14H2. The molecule has 0 aliphatic rings. The maximum Gasteiger partial charge on any atom is 0.0681 e. The van der Waals surface area contributed by atoms with Crippen molar-refractivity contribution in [2.45, 2.75) is 26.3 Å². The number of benzene rings is 2. The molecule has 0 heterocycles. The average molecular weight is 300 g/mol. The summed E-state index contributed by atoms with van der Waals surface area (Å²) in [5, 5.41) is 24.7. The van der Waals surface area contributed by atoms with Gasteiger partial charge in [0, 0.05) is 26.2 Å². The van der Waals surface area contributed by atoms with E-state index >= 15 is 0 Å². The number of aliphatic hydroxyl groups is 2. The zero-order chi connectivity index (χ0) is 15.6. The summed E-state index contributed by atoms with van der Waals surface area (Å²) in [6, 6.07) is 15.9. The summed E-state index contributed by atoms with van der Waals surface area (Å²) in [6.07, 6.45) is 0. The molecule has 0 saturated carbocycles. The largest absolute Gasteiger partial charge is 0.392 e. The van der Waals surface area contributed by atoms with Crippen LogP contribution in [0.4, 0.5) is 0 Å². The van der Waals surface area contributed by atoms with E-state index in [2.05, 4.69) is 10.6 Å². The van der Waals surface area contributed by atoms with Crippen LogP contribution in [0.1, 0.15) is 22.3 Å². The molecule has 4 heteroatoms. The van der Waals surface area contributed by atoms with E-state index in [-0.39, 0.29) is 13.2 Å². The highest BCUT2D eigenvalue weighted by Gasteiger charge is 1.96. The first kappa shape index (κ1) is 16.6. The molecule has 118 valence electrons. The number of rotatable bonds is 9. The van der Waals surface area contributed by atoms with E-state index in [0.29, 0.717) is 0 Å². The summed E-state index contributed by atoms with van der Waals surface area (Å²) < 4.78 is 0. The monoisotopic (exact) mass is 300 g/mol. The fourth-order valence-electron chi connectivity index (χ4n) is 2.17. The summed E-state index contributed by atoms with van der Waals surface area (Å²) in [4.78, 5) is 0. The van der Waals surface area contributed by atoms with Crippen LogP contribution in [0.3, 0.4) is 0 Å². The van der Waals surface area contributed by atoms with Crippen molar-refractivity contribution < 1.29 is 10.2 Å². The molecule has 0 fully saturated rings. The van der Waals surface area contributed by atoms with E-state index in [4.69, 9.17) is 10.2 Å². The second kappa shape index (κ2) is 9.33. The third-order valence-corrected chi connectivity index (χ3v) is 3.55. The SMILES string of the molecule is OCc1ccc(CNCCNCc2ccc(CO)cc2)cc1. The quantitative estimate of drug-likeness (QED) is 0.531. The van der Waals surface area contributed by atoms with Crippen LogP contribution in [0, 0.1) is 0 Å². The van der Waals surface area contributed by atoms with E-state index in [0.717, 1.165) is 37.3 Å². The lowest BCUT2D eigenvalue weighted by Gasteiger charge is -2.08. The molecule has 0 spiro atoms. The Balaban J connectivity index is 1.58. The van der Waals surface area contributed by atoms with Crippen LogP contribution >= 0.6 is 0 Å². The highest BCUT2D eigenvalue weighted by Crippen LogP contribution is 2.04. The van der Waals surface area contributed by atoms with Crippen LogP contribution in [-0.4, -0.2) is 23.3 Å². The van der Waals surface area contributed by atoms with Gasteiger partial charge < -0.3 is 20.8 Å². The lowest BCUT2D eigenvalue weighted by Crippen LogP contribution is -2.26. The normalized spacial score (nSPS) is 10.8. The van der Waals surface area contributed by atoms with Gasteiger partial charge in [-0.05, 0) is 22.3 Å². The predicted molar refractivity (Wildman–Crippen MR) is 88.1 cm³/mol. The van der Waals surface area contributed by atoms with Crippen molar-refractivity contribution in [3.63, 3.8) is 0 Å². The average Bonchev–Trinajstić information content (AvgIpc) is 2.59. The van der Waals surface area contributed by atoms with Crippen LogP contribution in [0.2, 0.25) is 0 Å². The van der Waals surface area contributed by atoms with Crippen LogP contribution in [0.25, 0.3) is 0 Å². The lowest BCUT2D eigenvalue weighted by molar-refractivity contribution is 0.281. The van der Waals surface area contributed by atoms with Gasteiger partial charge in [-0.25, -0.2) is 0 Å². The summed E-state index contributed by atoms with van der Waals surface area (Å²) >= 11 is 0. The summed E-state index contributed by atoms with van der Waals surface area (Å²) in [6.45, 7) is 3.65. The van der Waals surface area contributed by atoms with E-state index in [1.54, 1.807) is 0 Å². The highest BCUT2D eigenvalue weighted by atomic mass is 16.3. The van der Waals surface area contributed by atoms with Gasteiger partial charge in [0.1, 0.15) is 0 Å². The maximum absolute atomic E-state index is 8.99. The highest BCUT2D eigenvalue weighted by molar-refractivity contribution is 5.22. The summed E-state index contributed by atoms with van der Waals surface area (Å²) in [5.41, 5.74) is 4.32. The summed E-state index contributed by atoms with van der Waals surface area (Å²) in [7, 11) is 0. The molecule has 4 nitrogen and oxygen atoms in total. The molecule has 0 aliphatic carbocycles.